The van der Waals surface area contributed by atoms with E-state index in [2.05, 4.69) is 28.1 Å². The topological polar surface area (TPSA) is 95.7 Å². The first-order chi connectivity index (χ1) is 17.0. The van der Waals surface area contributed by atoms with Crippen LogP contribution in [0, 0.1) is 21.4 Å². The van der Waals surface area contributed by atoms with Crippen molar-refractivity contribution >= 4 is 39.8 Å². The number of nitro groups is 1. The maximum atomic E-state index is 11.4. The van der Waals surface area contributed by atoms with E-state index in [1.807, 2.05) is 18.2 Å². The van der Waals surface area contributed by atoms with Crippen LogP contribution in [0.5, 0.6) is 0 Å². The number of furan rings is 1. The molecule has 7 nitrogen and oxygen atoms in total. The Bertz CT molecular complexity index is 1470. The molecule has 0 N–H and O–H groups in total. The standard InChI is InChI=1S/C26H19ClN4O3S/c27-18-6-8-21(23(12-18)31(32)33)24-9-7-19(34-24)14-29-26-22(13-28)20-10-11-30(16-25(20)35-26)15-17-4-2-1-3-5-17/h1-9,12,14H,10-11,15-16H2. The smallest absolute Gasteiger partial charge is 0.281 e. The number of nitro benzene ring substituents is 1. The fraction of sp³-hybridized carbons (Fsp3) is 0.154. The monoisotopic (exact) mass is 502 g/mol. The van der Waals surface area contributed by atoms with Crippen LogP contribution in [0.4, 0.5) is 10.7 Å². The third-order valence-corrected chi connectivity index (χ3v) is 7.20. The summed E-state index contributed by atoms with van der Waals surface area (Å²) in [7, 11) is 0. The average molecular weight is 503 g/mol. The van der Waals surface area contributed by atoms with Gasteiger partial charge in [-0.1, -0.05) is 41.9 Å². The molecule has 35 heavy (non-hydrogen) atoms. The lowest BCUT2D eigenvalue weighted by molar-refractivity contribution is -0.384. The first-order valence-electron chi connectivity index (χ1n) is 10.9. The van der Waals surface area contributed by atoms with Gasteiger partial charge in [-0.05, 0) is 41.8 Å². The van der Waals surface area contributed by atoms with E-state index in [1.54, 1.807) is 30.5 Å². The molecule has 0 aliphatic carbocycles. The number of benzene rings is 2. The van der Waals surface area contributed by atoms with Crippen molar-refractivity contribution in [3.8, 4) is 17.4 Å². The van der Waals surface area contributed by atoms with Crippen molar-refractivity contribution in [3.05, 3.63) is 103 Å². The molecular weight excluding hydrogens is 484 g/mol. The van der Waals surface area contributed by atoms with E-state index in [9.17, 15) is 15.4 Å². The SMILES string of the molecule is N#Cc1c(N=Cc2ccc(-c3ccc(Cl)cc3[N+](=O)[O-])o2)sc2c1CCN(Cc1ccccc1)C2. The highest BCUT2D eigenvalue weighted by Gasteiger charge is 2.24. The summed E-state index contributed by atoms with van der Waals surface area (Å²) >= 11 is 7.43. The van der Waals surface area contributed by atoms with Crippen molar-refractivity contribution in [2.24, 2.45) is 4.99 Å². The number of hydrogen-bond donors (Lipinski definition) is 0. The summed E-state index contributed by atoms with van der Waals surface area (Å²) in [6, 6.07) is 20.4. The maximum absolute atomic E-state index is 11.4. The fourth-order valence-electron chi connectivity index (χ4n) is 4.18. The zero-order valence-electron chi connectivity index (χ0n) is 18.5. The molecule has 0 atom stereocenters. The van der Waals surface area contributed by atoms with E-state index in [0.717, 1.165) is 36.5 Å². The molecule has 174 valence electrons. The third-order valence-electron chi connectivity index (χ3n) is 5.84. The summed E-state index contributed by atoms with van der Waals surface area (Å²) in [5.74, 6) is 0.780. The van der Waals surface area contributed by atoms with Crippen molar-refractivity contribution < 1.29 is 9.34 Å². The number of halogens is 1. The van der Waals surface area contributed by atoms with E-state index in [1.165, 1.54) is 23.0 Å². The zero-order chi connectivity index (χ0) is 24.4. The highest BCUT2D eigenvalue weighted by Crippen LogP contribution is 2.39. The van der Waals surface area contributed by atoms with Crippen LogP contribution in [0.15, 0.2) is 70.1 Å². The highest BCUT2D eigenvalue weighted by atomic mass is 35.5. The normalized spacial score (nSPS) is 13.6. The Morgan fingerprint density at radius 2 is 2.06 bits per heavy atom. The predicted molar refractivity (Wildman–Crippen MR) is 136 cm³/mol. The van der Waals surface area contributed by atoms with Gasteiger partial charge in [0.1, 0.15) is 22.6 Å². The Kier molecular flexibility index (Phi) is 6.47. The summed E-state index contributed by atoms with van der Waals surface area (Å²) in [5.41, 5.74) is 3.15. The van der Waals surface area contributed by atoms with Gasteiger partial charge in [0, 0.05) is 35.6 Å². The summed E-state index contributed by atoms with van der Waals surface area (Å²) in [6.45, 7) is 2.53. The third kappa shape index (κ3) is 4.88. The second kappa shape index (κ2) is 9.84. The van der Waals surface area contributed by atoms with Crippen molar-refractivity contribution in [3.63, 3.8) is 0 Å². The minimum absolute atomic E-state index is 0.131. The number of thiophene rings is 1. The summed E-state index contributed by atoms with van der Waals surface area (Å²) in [4.78, 5) is 19.0. The molecule has 0 amide bonds. The Labute approximate surface area is 210 Å². The highest BCUT2D eigenvalue weighted by molar-refractivity contribution is 7.16. The summed E-state index contributed by atoms with van der Waals surface area (Å²) in [6.07, 6.45) is 2.35. The van der Waals surface area contributed by atoms with Crippen LogP contribution in [0.25, 0.3) is 11.3 Å². The molecule has 3 heterocycles. The van der Waals surface area contributed by atoms with Crippen molar-refractivity contribution in [2.45, 2.75) is 19.5 Å². The first-order valence-corrected chi connectivity index (χ1v) is 12.1. The van der Waals surface area contributed by atoms with Gasteiger partial charge in [0.25, 0.3) is 5.69 Å². The molecule has 0 spiro atoms. The van der Waals surface area contributed by atoms with Crippen LogP contribution < -0.4 is 0 Å². The van der Waals surface area contributed by atoms with Crippen molar-refractivity contribution in [2.75, 3.05) is 6.54 Å². The largest absolute Gasteiger partial charge is 0.455 e. The van der Waals surface area contributed by atoms with Crippen LogP contribution in [0.1, 0.15) is 27.3 Å². The molecule has 2 aromatic carbocycles. The van der Waals surface area contributed by atoms with E-state index < -0.39 is 4.92 Å². The number of nitrogens with zero attached hydrogens (tertiary/aromatic N) is 4. The lowest BCUT2D eigenvalue weighted by atomic mass is 10.0. The number of rotatable bonds is 6. The van der Waals surface area contributed by atoms with Crippen LogP contribution in [0.3, 0.4) is 0 Å². The van der Waals surface area contributed by atoms with Gasteiger partial charge in [0.15, 0.2) is 0 Å². The van der Waals surface area contributed by atoms with Crippen molar-refractivity contribution in [1.29, 1.82) is 5.26 Å². The number of hydrogen-bond acceptors (Lipinski definition) is 7. The lowest BCUT2D eigenvalue weighted by Crippen LogP contribution is -2.29. The molecule has 2 aromatic heterocycles. The molecule has 0 saturated heterocycles. The second-order valence-electron chi connectivity index (χ2n) is 8.12. The van der Waals surface area contributed by atoms with Crippen LogP contribution >= 0.6 is 22.9 Å². The van der Waals surface area contributed by atoms with Crippen LogP contribution in [0.2, 0.25) is 5.02 Å². The molecule has 0 saturated carbocycles. The van der Waals surface area contributed by atoms with Gasteiger partial charge < -0.3 is 4.42 Å². The van der Waals surface area contributed by atoms with Gasteiger partial charge in [-0.15, -0.1) is 11.3 Å². The number of aliphatic imine (C=N–C) groups is 1. The molecule has 0 unspecified atom stereocenters. The quantitative estimate of drug-likeness (QED) is 0.165. The summed E-state index contributed by atoms with van der Waals surface area (Å²) < 4.78 is 5.80. The second-order valence-corrected chi connectivity index (χ2v) is 9.64. The minimum atomic E-state index is -0.492. The Balaban J connectivity index is 1.36. The van der Waals surface area contributed by atoms with Crippen molar-refractivity contribution in [1.82, 2.24) is 4.90 Å². The molecule has 4 aromatic rings. The van der Waals surface area contributed by atoms with Gasteiger partial charge in [-0.25, -0.2) is 4.99 Å². The first kappa shape index (κ1) is 23.0. The Morgan fingerprint density at radius 3 is 2.83 bits per heavy atom. The minimum Gasteiger partial charge on any atom is -0.455 e. The molecule has 1 aliphatic rings. The molecule has 9 heteroatoms. The molecule has 0 fully saturated rings. The lowest BCUT2D eigenvalue weighted by Gasteiger charge is -2.26. The van der Waals surface area contributed by atoms with Gasteiger partial charge in [-0.2, -0.15) is 5.26 Å². The molecule has 1 aliphatic heterocycles. The fourth-order valence-corrected chi connectivity index (χ4v) is 5.53. The van der Waals surface area contributed by atoms with Gasteiger partial charge >= 0.3 is 0 Å². The number of fused-ring (bicyclic) bond motifs is 1. The molecular formula is C26H19ClN4O3S. The van der Waals surface area contributed by atoms with E-state index >= 15 is 0 Å². The van der Waals surface area contributed by atoms with Gasteiger partial charge in [-0.3, -0.25) is 15.0 Å². The molecule has 5 rings (SSSR count). The molecule has 0 radical (unpaired) electrons. The maximum Gasteiger partial charge on any atom is 0.281 e. The number of nitriles is 1. The average Bonchev–Trinajstić information content (AvgIpc) is 3.47. The Morgan fingerprint density at radius 1 is 1.23 bits per heavy atom. The van der Waals surface area contributed by atoms with E-state index in [-0.39, 0.29) is 10.7 Å². The molecule has 0 bridgehead atoms. The van der Waals surface area contributed by atoms with E-state index in [4.69, 9.17) is 16.0 Å². The Hall–Kier alpha value is -3.77. The van der Waals surface area contributed by atoms with Gasteiger partial charge in [0.2, 0.25) is 0 Å². The van der Waals surface area contributed by atoms with Crippen LogP contribution in [-0.2, 0) is 19.5 Å². The summed E-state index contributed by atoms with van der Waals surface area (Å²) in [5, 5.41) is 22.1. The predicted octanol–water partition coefficient (Wildman–Crippen LogP) is 6.75. The van der Waals surface area contributed by atoms with E-state index in [0.29, 0.717) is 27.6 Å². The zero-order valence-corrected chi connectivity index (χ0v) is 20.1. The van der Waals surface area contributed by atoms with Gasteiger partial charge in [0.05, 0.1) is 22.3 Å². The van der Waals surface area contributed by atoms with Crippen LogP contribution in [-0.4, -0.2) is 22.6 Å².